The molecule has 0 bridgehead atoms. The molecule has 0 spiro atoms. The number of carbonyl (C=O) groups excluding carboxylic acids is 1. The lowest BCUT2D eigenvalue weighted by Crippen LogP contribution is -2.50. The number of benzene rings is 1. The fraction of sp³-hybridized carbons (Fsp3) is 0.533. The van der Waals surface area contributed by atoms with E-state index in [0.29, 0.717) is 13.2 Å². The standard InChI is InChI=1S/C15H21BrN2O2/c1-3-12(10-4-6-11(16)7-5-10)18-14(19)15(2)9-20-8-13(15)17/h4-7,12-13H,3,8-9,17H2,1-2H3,(H,18,19). The Labute approximate surface area is 128 Å². The maximum Gasteiger partial charge on any atom is 0.230 e. The maximum atomic E-state index is 12.5. The van der Waals surface area contributed by atoms with Gasteiger partial charge in [-0.05, 0) is 31.0 Å². The van der Waals surface area contributed by atoms with E-state index < -0.39 is 5.41 Å². The van der Waals surface area contributed by atoms with E-state index in [1.807, 2.05) is 31.2 Å². The minimum atomic E-state index is -0.636. The van der Waals surface area contributed by atoms with Gasteiger partial charge in [-0.25, -0.2) is 0 Å². The minimum absolute atomic E-state index is 0.000208. The molecule has 5 heteroatoms. The van der Waals surface area contributed by atoms with Gasteiger partial charge in [0.15, 0.2) is 0 Å². The van der Waals surface area contributed by atoms with Crippen molar-refractivity contribution in [2.45, 2.75) is 32.4 Å². The highest BCUT2D eigenvalue weighted by Gasteiger charge is 2.44. The number of nitrogens with one attached hydrogen (secondary N) is 1. The van der Waals surface area contributed by atoms with Crippen molar-refractivity contribution >= 4 is 21.8 Å². The van der Waals surface area contributed by atoms with Crippen molar-refractivity contribution in [3.05, 3.63) is 34.3 Å². The third-order valence-corrected chi connectivity index (χ3v) is 4.55. The van der Waals surface area contributed by atoms with Gasteiger partial charge in [0.1, 0.15) is 0 Å². The molecule has 20 heavy (non-hydrogen) atoms. The molecular weight excluding hydrogens is 320 g/mol. The Balaban J connectivity index is 2.10. The van der Waals surface area contributed by atoms with Crippen LogP contribution in [0.2, 0.25) is 0 Å². The Morgan fingerprint density at radius 3 is 2.70 bits per heavy atom. The lowest BCUT2D eigenvalue weighted by molar-refractivity contribution is -0.131. The molecule has 4 nitrogen and oxygen atoms in total. The topological polar surface area (TPSA) is 64.3 Å². The molecule has 1 amide bonds. The maximum absolute atomic E-state index is 12.5. The molecule has 0 aliphatic carbocycles. The molecule has 3 N–H and O–H groups in total. The SMILES string of the molecule is CCC(NC(=O)C1(C)COCC1N)c1ccc(Br)cc1. The molecule has 1 fully saturated rings. The van der Waals surface area contributed by atoms with Gasteiger partial charge in [-0.2, -0.15) is 0 Å². The molecule has 2 rings (SSSR count). The van der Waals surface area contributed by atoms with E-state index in [1.54, 1.807) is 0 Å². The molecule has 110 valence electrons. The third kappa shape index (κ3) is 3.05. The summed E-state index contributed by atoms with van der Waals surface area (Å²) in [6, 6.07) is 7.76. The Morgan fingerprint density at radius 2 is 2.20 bits per heavy atom. The summed E-state index contributed by atoms with van der Waals surface area (Å²) in [6.45, 7) is 4.75. The van der Waals surface area contributed by atoms with E-state index in [0.717, 1.165) is 16.5 Å². The highest BCUT2D eigenvalue weighted by atomic mass is 79.9. The first kappa shape index (κ1) is 15.5. The first-order chi connectivity index (χ1) is 9.47. The summed E-state index contributed by atoms with van der Waals surface area (Å²) < 4.78 is 6.37. The summed E-state index contributed by atoms with van der Waals surface area (Å²) >= 11 is 3.42. The third-order valence-electron chi connectivity index (χ3n) is 4.02. The van der Waals surface area contributed by atoms with Gasteiger partial charge in [0.2, 0.25) is 5.91 Å². The van der Waals surface area contributed by atoms with Crippen molar-refractivity contribution in [2.75, 3.05) is 13.2 Å². The molecular formula is C15H21BrN2O2. The second kappa shape index (κ2) is 6.24. The molecule has 1 saturated heterocycles. The molecule has 3 atom stereocenters. The Bertz CT molecular complexity index is 477. The van der Waals surface area contributed by atoms with E-state index >= 15 is 0 Å². The predicted molar refractivity (Wildman–Crippen MR) is 82.2 cm³/mol. The van der Waals surface area contributed by atoms with Crippen LogP contribution in [-0.2, 0) is 9.53 Å². The largest absolute Gasteiger partial charge is 0.379 e. The number of ether oxygens (including phenoxy) is 1. The van der Waals surface area contributed by atoms with Crippen LogP contribution in [0, 0.1) is 5.41 Å². The van der Waals surface area contributed by atoms with Gasteiger partial charge in [0.05, 0.1) is 24.7 Å². The molecule has 1 aromatic rings. The van der Waals surface area contributed by atoms with Crippen LogP contribution in [0.25, 0.3) is 0 Å². The average Bonchev–Trinajstić information content (AvgIpc) is 2.78. The van der Waals surface area contributed by atoms with Crippen molar-refractivity contribution in [3.8, 4) is 0 Å². The van der Waals surface area contributed by atoms with Crippen LogP contribution in [0.5, 0.6) is 0 Å². The number of hydrogen-bond donors (Lipinski definition) is 2. The van der Waals surface area contributed by atoms with Crippen molar-refractivity contribution in [1.29, 1.82) is 0 Å². The molecule has 1 heterocycles. The van der Waals surface area contributed by atoms with E-state index in [4.69, 9.17) is 10.5 Å². The van der Waals surface area contributed by atoms with Crippen molar-refractivity contribution in [1.82, 2.24) is 5.32 Å². The number of nitrogens with two attached hydrogens (primary N) is 1. The number of hydrogen-bond acceptors (Lipinski definition) is 3. The van der Waals surface area contributed by atoms with Crippen LogP contribution in [0.3, 0.4) is 0 Å². The van der Waals surface area contributed by atoms with Crippen LogP contribution in [-0.4, -0.2) is 25.2 Å². The monoisotopic (exact) mass is 340 g/mol. The fourth-order valence-corrected chi connectivity index (χ4v) is 2.63. The van der Waals surface area contributed by atoms with Gasteiger partial charge in [-0.15, -0.1) is 0 Å². The van der Waals surface area contributed by atoms with Crippen LogP contribution < -0.4 is 11.1 Å². The van der Waals surface area contributed by atoms with Gasteiger partial charge in [0.25, 0.3) is 0 Å². The van der Waals surface area contributed by atoms with Crippen molar-refractivity contribution in [2.24, 2.45) is 11.1 Å². The Kier molecular flexibility index (Phi) is 4.83. The summed E-state index contributed by atoms with van der Waals surface area (Å²) in [5.41, 5.74) is 6.46. The molecule has 3 unspecified atom stereocenters. The summed E-state index contributed by atoms with van der Waals surface area (Å²) in [4.78, 5) is 12.5. The smallest absolute Gasteiger partial charge is 0.230 e. The summed E-state index contributed by atoms with van der Waals surface area (Å²) in [6.07, 6.45) is 0.833. The molecule has 0 radical (unpaired) electrons. The lowest BCUT2D eigenvalue weighted by atomic mass is 9.84. The zero-order chi connectivity index (χ0) is 14.8. The van der Waals surface area contributed by atoms with Gasteiger partial charge in [0, 0.05) is 10.5 Å². The molecule has 1 aliphatic heterocycles. The van der Waals surface area contributed by atoms with Gasteiger partial charge in [-0.3, -0.25) is 4.79 Å². The number of amides is 1. The van der Waals surface area contributed by atoms with Crippen LogP contribution in [0.1, 0.15) is 31.9 Å². The number of carbonyl (C=O) groups is 1. The van der Waals surface area contributed by atoms with E-state index in [9.17, 15) is 4.79 Å². The second-order valence-electron chi connectivity index (χ2n) is 5.52. The van der Waals surface area contributed by atoms with E-state index in [-0.39, 0.29) is 18.0 Å². The highest BCUT2D eigenvalue weighted by molar-refractivity contribution is 9.10. The zero-order valence-corrected chi connectivity index (χ0v) is 13.4. The predicted octanol–water partition coefficient (Wildman–Crippen LogP) is 2.38. The van der Waals surface area contributed by atoms with Gasteiger partial charge in [-0.1, -0.05) is 35.0 Å². The van der Waals surface area contributed by atoms with Crippen molar-refractivity contribution in [3.63, 3.8) is 0 Å². The average molecular weight is 341 g/mol. The summed E-state index contributed by atoms with van der Waals surface area (Å²) in [5, 5.41) is 3.10. The minimum Gasteiger partial charge on any atom is -0.379 e. The molecule has 0 saturated carbocycles. The fourth-order valence-electron chi connectivity index (χ4n) is 2.36. The lowest BCUT2D eigenvalue weighted by Gasteiger charge is -2.28. The quantitative estimate of drug-likeness (QED) is 0.884. The molecule has 1 aliphatic rings. The zero-order valence-electron chi connectivity index (χ0n) is 11.9. The van der Waals surface area contributed by atoms with Crippen LogP contribution in [0.15, 0.2) is 28.7 Å². The summed E-state index contributed by atoms with van der Waals surface area (Å²) in [5.74, 6) is -0.0303. The summed E-state index contributed by atoms with van der Waals surface area (Å²) in [7, 11) is 0. The number of halogens is 1. The molecule has 0 aromatic heterocycles. The highest BCUT2D eigenvalue weighted by Crippen LogP contribution is 2.29. The van der Waals surface area contributed by atoms with Gasteiger partial charge >= 0.3 is 0 Å². The Morgan fingerprint density at radius 1 is 1.55 bits per heavy atom. The van der Waals surface area contributed by atoms with Gasteiger partial charge < -0.3 is 15.8 Å². The van der Waals surface area contributed by atoms with Crippen molar-refractivity contribution < 1.29 is 9.53 Å². The Hall–Kier alpha value is -0.910. The van der Waals surface area contributed by atoms with E-state index in [2.05, 4.69) is 28.2 Å². The number of rotatable bonds is 4. The second-order valence-corrected chi connectivity index (χ2v) is 6.44. The van der Waals surface area contributed by atoms with Crippen LogP contribution >= 0.6 is 15.9 Å². The molecule has 1 aromatic carbocycles. The van der Waals surface area contributed by atoms with E-state index in [1.165, 1.54) is 0 Å². The normalized spacial score (nSPS) is 27.3. The first-order valence-corrected chi connectivity index (χ1v) is 7.66. The first-order valence-electron chi connectivity index (χ1n) is 6.87. The van der Waals surface area contributed by atoms with Crippen LogP contribution in [0.4, 0.5) is 0 Å².